The second-order valence-corrected chi connectivity index (χ2v) is 6.86. The minimum atomic E-state index is -0.340. The second-order valence-electron chi connectivity index (χ2n) is 6.08. The van der Waals surface area contributed by atoms with Gasteiger partial charge < -0.3 is 10.5 Å². The molecule has 2 aromatic carbocycles. The topological polar surface area (TPSA) is 59.0 Å². The Morgan fingerprint density at radius 1 is 1.08 bits per heavy atom. The predicted octanol–water partition coefficient (Wildman–Crippen LogP) is 5.16. The van der Waals surface area contributed by atoms with Gasteiger partial charge in [0.1, 0.15) is 17.4 Å². The van der Waals surface area contributed by atoms with Gasteiger partial charge in [0.25, 0.3) is 0 Å². The van der Waals surface area contributed by atoms with Gasteiger partial charge in [-0.1, -0.05) is 59.6 Å². The molecule has 1 unspecified atom stereocenters. The van der Waals surface area contributed by atoms with Gasteiger partial charge >= 0.3 is 0 Å². The van der Waals surface area contributed by atoms with E-state index in [4.69, 9.17) is 33.7 Å². The van der Waals surface area contributed by atoms with Crippen LogP contribution in [-0.4, -0.2) is 0 Å². The summed E-state index contributed by atoms with van der Waals surface area (Å²) < 4.78 is 5.88. The number of nitrogens with two attached hydrogens (primary N) is 1. The summed E-state index contributed by atoms with van der Waals surface area (Å²) in [4.78, 5) is 0. The molecular formula is C20H14Cl2N2O. The van der Waals surface area contributed by atoms with Crippen LogP contribution >= 0.6 is 23.2 Å². The Balaban J connectivity index is 1.97. The van der Waals surface area contributed by atoms with Gasteiger partial charge in [0, 0.05) is 5.56 Å². The van der Waals surface area contributed by atoms with Crippen LogP contribution in [0.1, 0.15) is 29.0 Å². The molecular weight excluding hydrogens is 355 g/mol. The van der Waals surface area contributed by atoms with E-state index >= 15 is 0 Å². The summed E-state index contributed by atoms with van der Waals surface area (Å²) in [6.07, 6.45) is 1.66. The molecule has 1 heterocycles. The van der Waals surface area contributed by atoms with Crippen molar-refractivity contribution in [2.45, 2.75) is 18.8 Å². The molecule has 1 atom stereocenters. The molecule has 0 aromatic heterocycles. The maximum Gasteiger partial charge on any atom is 0.205 e. The summed E-state index contributed by atoms with van der Waals surface area (Å²) in [6, 6.07) is 15.7. The fourth-order valence-electron chi connectivity index (χ4n) is 3.60. The molecule has 3 nitrogen and oxygen atoms in total. The Hall–Kier alpha value is -2.41. The third kappa shape index (κ3) is 2.50. The first-order valence-corrected chi connectivity index (χ1v) is 8.70. The van der Waals surface area contributed by atoms with Crippen LogP contribution in [-0.2, 0) is 11.2 Å². The highest BCUT2D eigenvalue weighted by Crippen LogP contribution is 2.49. The smallest absolute Gasteiger partial charge is 0.205 e. The van der Waals surface area contributed by atoms with Crippen LogP contribution in [0.2, 0.25) is 10.0 Å². The quantitative estimate of drug-likeness (QED) is 0.756. The molecule has 124 valence electrons. The molecule has 4 rings (SSSR count). The van der Waals surface area contributed by atoms with Gasteiger partial charge in [-0.3, -0.25) is 0 Å². The Labute approximate surface area is 155 Å². The van der Waals surface area contributed by atoms with Crippen molar-refractivity contribution in [3.63, 3.8) is 0 Å². The van der Waals surface area contributed by atoms with Gasteiger partial charge in [0.15, 0.2) is 0 Å². The van der Waals surface area contributed by atoms with Gasteiger partial charge in [-0.15, -0.1) is 0 Å². The Bertz CT molecular complexity index is 985. The molecule has 0 saturated carbocycles. The van der Waals surface area contributed by atoms with Crippen LogP contribution in [0.15, 0.2) is 59.5 Å². The zero-order chi connectivity index (χ0) is 17.6. The van der Waals surface area contributed by atoms with Crippen molar-refractivity contribution in [1.29, 1.82) is 5.26 Å². The van der Waals surface area contributed by atoms with E-state index in [1.165, 1.54) is 5.56 Å². The van der Waals surface area contributed by atoms with E-state index in [1.807, 2.05) is 30.3 Å². The lowest BCUT2D eigenvalue weighted by Gasteiger charge is -2.33. The zero-order valence-electron chi connectivity index (χ0n) is 13.2. The number of ether oxygens (including phenoxy) is 1. The zero-order valence-corrected chi connectivity index (χ0v) is 14.7. The third-order valence-corrected chi connectivity index (χ3v) is 5.58. The lowest BCUT2D eigenvalue weighted by atomic mass is 9.76. The highest BCUT2D eigenvalue weighted by molar-refractivity contribution is 6.42. The van der Waals surface area contributed by atoms with Crippen molar-refractivity contribution in [3.05, 3.63) is 86.2 Å². The summed E-state index contributed by atoms with van der Waals surface area (Å²) in [7, 11) is 0. The second kappa shape index (κ2) is 6.15. The van der Waals surface area contributed by atoms with Crippen LogP contribution in [0, 0.1) is 11.3 Å². The van der Waals surface area contributed by atoms with Crippen molar-refractivity contribution < 1.29 is 4.74 Å². The van der Waals surface area contributed by atoms with Crippen molar-refractivity contribution in [2.24, 2.45) is 5.73 Å². The maximum atomic E-state index is 9.67. The SMILES string of the molecule is N#CC1=C(N)OC2=C(CCc3ccccc32)C1c1cccc(Cl)c1Cl. The van der Waals surface area contributed by atoms with E-state index in [1.54, 1.807) is 6.07 Å². The highest BCUT2D eigenvalue weighted by Gasteiger charge is 2.36. The summed E-state index contributed by atoms with van der Waals surface area (Å²) in [5.74, 6) is 0.520. The Kier molecular flexibility index (Phi) is 3.95. The molecule has 2 N–H and O–H groups in total. The average molecular weight is 369 g/mol. The largest absolute Gasteiger partial charge is 0.440 e. The highest BCUT2D eigenvalue weighted by atomic mass is 35.5. The van der Waals surface area contributed by atoms with E-state index in [0.29, 0.717) is 15.6 Å². The summed E-state index contributed by atoms with van der Waals surface area (Å²) in [6.45, 7) is 0. The van der Waals surface area contributed by atoms with Crippen LogP contribution in [0.25, 0.3) is 5.76 Å². The molecule has 1 aliphatic carbocycles. The summed E-state index contributed by atoms with van der Waals surface area (Å²) in [5, 5.41) is 10.6. The molecule has 0 bridgehead atoms. The predicted molar refractivity (Wildman–Crippen MR) is 98.8 cm³/mol. The molecule has 1 aliphatic heterocycles. The van der Waals surface area contributed by atoms with Crippen molar-refractivity contribution in [1.82, 2.24) is 0 Å². The number of hydrogen-bond acceptors (Lipinski definition) is 3. The number of benzene rings is 2. The van der Waals surface area contributed by atoms with Gasteiger partial charge in [0.05, 0.1) is 16.0 Å². The lowest BCUT2D eigenvalue weighted by molar-refractivity contribution is 0.350. The number of nitrogens with zero attached hydrogens (tertiary/aromatic N) is 1. The molecule has 2 aliphatic rings. The van der Waals surface area contributed by atoms with Gasteiger partial charge in [-0.2, -0.15) is 5.26 Å². The first-order valence-electron chi connectivity index (χ1n) is 7.94. The van der Waals surface area contributed by atoms with Gasteiger partial charge in [-0.05, 0) is 35.6 Å². The number of fused-ring (bicyclic) bond motifs is 2. The number of nitriles is 1. The number of rotatable bonds is 1. The standard InChI is InChI=1S/C20H14Cl2N2O/c21-16-7-3-6-13(18(16)22)17-14-9-8-11-4-1-2-5-12(11)19(14)25-20(24)15(17)10-23/h1-7,17H,8-9,24H2. The molecule has 0 spiro atoms. The third-order valence-electron chi connectivity index (χ3n) is 4.74. The molecule has 2 aromatic rings. The molecule has 5 heteroatoms. The molecule has 0 saturated heterocycles. The van der Waals surface area contributed by atoms with Gasteiger partial charge in [0.2, 0.25) is 5.88 Å². The van der Waals surface area contributed by atoms with Crippen LogP contribution in [0.3, 0.4) is 0 Å². The lowest BCUT2D eigenvalue weighted by Crippen LogP contribution is -2.23. The molecule has 0 amide bonds. The number of halogens is 2. The minimum Gasteiger partial charge on any atom is -0.440 e. The fourth-order valence-corrected chi connectivity index (χ4v) is 4.02. The summed E-state index contributed by atoms with van der Waals surface area (Å²) >= 11 is 12.7. The normalized spacial score (nSPS) is 19.0. The first kappa shape index (κ1) is 16.1. The van der Waals surface area contributed by atoms with Crippen LogP contribution in [0.4, 0.5) is 0 Å². The van der Waals surface area contributed by atoms with Gasteiger partial charge in [-0.25, -0.2) is 0 Å². The van der Waals surface area contributed by atoms with E-state index in [0.717, 1.165) is 35.3 Å². The molecule has 0 fully saturated rings. The van der Waals surface area contributed by atoms with Crippen LogP contribution in [0.5, 0.6) is 0 Å². The maximum absolute atomic E-state index is 9.67. The number of allylic oxidation sites excluding steroid dienone is 2. The first-order chi connectivity index (χ1) is 12.1. The molecule has 0 radical (unpaired) electrons. The van der Waals surface area contributed by atoms with Crippen LogP contribution < -0.4 is 5.73 Å². The molecule has 25 heavy (non-hydrogen) atoms. The Morgan fingerprint density at radius 3 is 2.68 bits per heavy atom. The van der Waals surface area contributed by atoms with Crippen molar-refractivity contribution >= 4 is 29.0 Å². The van der Waals surface area contributed by atoms with Crippen molar-refractivity contribution in [3.8, 4) is 6.07 Å². The number of aryl methyl sites for hydroxylation is 1. The monoisotopic (exact) mass is 368 g/mol. The fraction of sp³-hybridized carbons (Fsp3) is 0.150. The Morgan fingerprint density at radius 2 is 1.88 bits per heavy atom. The van der Waals surface area contributed by atoms with Crippen molar-refractivity contribution in [2.75, 3.05) is 0 Å². The van der Waals surface area contributed by atoms with E-state index in [9.17, 15) is 5.26 Å². The van der Waals surface area contributed by atoms with E-state index < -0.39 is 0 Å². The van der Waals surface area contributed by atoms with E-state index in [2.05, 4.69) is 12.1 Å². The average Bonchev–Trinajstić information content (AvgIpc) is 2.63. The number of hydrogen-bond donors (Lipinski definition) is 1. The van der Waals surface area contributed by atoms with E-state index in [-0.39, 0.29) is 11.8 Å². The minimum absolute atomic E-state index is 0.124. The summed E-state index contributed by atoms with van der Waals surface area (Å²) in [5.41, 5.74) is 10.5.